The zero-order valence-corrected chi connectivity index (χ0v) is 20.8. The van der Waals surface area contributed by atoms with Crippen LogP contribution >= 0.6 is 0 Å². The second-order valence-corrected chi connectivity index (χ2v) is 8.96. The van der Waals surface area contributed by atoms with E-state index in [-0.39, 0.29) is 48.0 Å². The Kier molecular flexibility index (Phi) is 7.49. The summed E-state index contributed by atoms with van der Waals surface area (Å²) >= 11 is 0. The number of nitrogens with zero attached hydrogens (tertiary/aromatic N) is 2. The molecule has 0 atom stereocenters. The lowest BCUT2D eigenvalue weighted by Crippen LogP contribution is -2.50. The van der Waals surface area contributed by atoms with Crippen molar-refractivity contribution in [1.29, 1.82) is 0 Å². The zero-order valence-electron chi connectivity index (χ0n) is 20.8. The molecule has 0 N–H and O–H groups in total. The molecule has 0 radical (unpaired) electrons. The van der Waals surface area contributed by atoms with Gasteiger partial charge in [0, 0.05) is 24.8 Å². The molecule has 2 heterocycles. The summed E-state index contributed by atoms with van der Waals surface area (Å²) in [6, 6.07) is 24.7. The highest BCUT2D eigenvalue weighted by molar-refractivity contribution is 5.77. The van der Waals surface area contributed by atoms with Crippen LogP contribution in [0.4, 0.5) is 14.5 Å². The molecule has 1 fully saturated rings. The molecular weight excluding hydrogens is 490 g/mol. The number of hydrogen-bond donors (Lipinski definition) is 0. The number of hydrogen-bond acceptors (Lipinski definition) is 6. The summed E-state index contributed by atoms with van der Waals surface area (Å²) in [5.41, 5.74) is 2.12. The van der Waals surface area contributed by atoms with Crippen LogP contribution in [0.1, 0.15) is 11.1 Å². The fourth-order valence-corrected chi connectivity index (χ4v) is 4.27. The highest BCUT2D eigenvalue weighted by Crippen LogP contribution is 2.38. The van der Waals surface area contributed by atoms with Crippen LogP contribution < -0.4 is 14.4 Å². The second kappa shape index (κ2) is 11.3. The van der Waals surface area contributed by atoms with Crippen LogP contribution in [0.25, 0.3) is 11.1 Å². The summed E-state index contributed by atoms with van der Waals surface area (Å²) in [7, 11) is 1.32. The van der Waals surface area contributed by atoms with Crippen LogP contribution in [0.15, 0.2) is 84.9 Å². The van der Waals surface area contributed by atoms with Gasteiger partial charge in [-0.3, -0.25) is 4.79 Å². The average molecular weight is 517 g/mol. The SMILES string of the molecule is COC(=O)C1CN(c2cc(F)c(-c3ccc(OCc4ccccc4)nc3OCc3ccccc3)c(F)c2)C1. The van der Waals surface area contributed by atoms with E-state index in [9.17, 15) is 4.79 Å². The van der Waals surface area contributed by atoms with Crippen molar-refractivity contribution < 1.29 is 27.8 Å². The molecule has 0 spiro atoms. The summed E-state index contributed by atoms with van der Waals surface area (Å²) < 4.78 is 47.3. The first-order valence-corrected chi connectivity index (χ1v) is 12.2. The number of benzene rings is 3. The van der Waals surface area contributed by atoms with E-state index in [1.807, 2.05) is 60.7 Å². The summed E-state index contributed by atoms with van der Waals surface area (Å²) in [5.74, 6) is -1.83. The van der Waals surface area contributed by atoms with E-state index in [1.54, 1.807) is 17.0 Å². The van der Waals surface area contributed by atoms with E-state index in [4.69, 9.17) is 14.2 Å². The van der Waals surface area contributed by atoms with E-state index in [2.05, 4.69) is 4.98 Å². The number of carbonyl (C=O) groups is 1. The molecule has 1 aliphatic heterocycles. The molecule has 0 unspecified atom stereocenters. The Bertz CT molecular complexity index is 1390. The lowest BCUT2D eigenvalue weighted by molar-refractivity contribution is -0.146. The molecule has 4 aromatic rings. The molecule has 1 saturated heterocycles. The normalized spacial score (nSPS) is 13.1. The third-order valence-corrected chi connectivity index (χ3v) is 6.36. The van der Waals surface area contributed by atoms with Crippen molar-refractivity contribution in [3.63, 3.8) is 0 Å². The van der Waals surface area contributed by atoms with Gasteiger partial charge in [-0.25, -0.2) is 8.78 Å². The monoisotopic (exact) mass is 516 g/mol. The zero-order chi connectivity index (χ0) is 26.5. The van der Waals surface area contributed by atoms with E-state index in [0.29, 0.717) is 18.8 Å². The van der Waals surface area contributed by atoms with E-state index in [0.717, 1.165) is 11.1 Å². The minimum atomic E-state index is -0.758. The van der Waals surface area contributed by atoms with Gasteiger partial charge in [-0.1, -0.05) is 60.7 Å². The molecule has 194 valence electrons. The Hall–Kier alpha value is -4.46. The summed E-state index contributed by atoms with van der Waals surface area (Å²) in [4.78, 5) is 17.8. The van der Waals surface area contributed by atoms with Gasteiger partial charge in [0.05, 0.1) is 24.2 Å². The van der Waals surface area contributed by atoms with Crippen molar-refractivity contribution in [2.45, 2.75) is 13.2 Å². The Morgan fingerprint density at radius 1 is 0.868 bits per heavy atom. The van der Waals surface area contributed by atoms with Gasteiger partial charge in [0.25, 0.3) is 0 Å². The quantitative estimate of drug-likeness (QED) is 0.262. The van der Waals surface area contributed by atoms with Gasteiger partial charge in [0.15, 0.2) is 0 Å². The largest absolute Gasteiger partial charge is 0.473 e. The van der Waals surface area contributed by atoms with Crippen molar-refractivity contribution >= 4 is 11.7 Å². The van der Waals surface area contributed by atoms with Crippen molar-refractivity contribution in [2.24, 2.45) is 5.92 Å². The maximum absolute atomic E-state index is 15.4. The maximum atomic E-state index is 15.4. The predicted molar refractivity (Wildman–Crippen MR) is 139 cm³/mol. The number of esters is 1. The van der Waals surface area contributed by atoms with Crippen LogP contribution in [0, 0.1) is 17.6 Å². The number of pyridine rings is 1. The number of halogens is 2. The van der Waals surface area contributed by atoms with E-state index in [1.165, 1.54) is 19.2 Å². The second-order valence-electron chi connectivity index (χ2n) is 8.96. The minimum Gasteiger partial charge on any atom is -0.473 e. The molecule has 3 aromatic carbocycles. The van der Waals surface area contributed by atoms with Crippen LogP contribution in [-0.2, 0) is 22.7 Å². The van der Waals surface area contributed by atoms with Gasteiger partial charge in [-0.05, 0) is 29.3 Å². The first kappa shape index (κ1) is 25.2. The van der Waals surface area contributed by atoms with Gasteiger partial charge >= 0.3 is 5.97 Å². The molecular formula is C30H26F2N2O4. The molecule has 1 aromatic heterocycles. The Balaban J connectivity index is 1.42. The third kappa shape index (κ3) is 5.59. The van der Waals surface area contributed by atoms with Gasteiger partial charge < -0.3 is 19.1 Å². The molecule has 0 bridgehead atoms. The summed E-state index contributed by atoms with van der Waals surface area (Å²) in [6.07, 6.45) is 0. The van der Waals surface area contributed by atoms with Crippen molar-refractivity contribution in [1.82, 2.24) is 4.98 Å². The Morgan fingerprint density at radius 2 is 1.45 bits per heavy atom. The predicted octanol–water partition coefficient (Wildman–Crippen LogP) is 5.79. The lowest BCUT2D eigenvalue weighted by Gasteiger charge is -2.39. The fourth-order valence-electron chi connectivity index (χ4n) is 4.27. The fraction of sp³-hybridized carbons (Fsp3) is 0.200. The molecule has 0 aliphatic carbocycles. The van der Waals surface area contributed by atoms with Crippen molar-refractivity contribution in [3.05, 3.63) is 108 Å². The third-order valence-electron chi connectivity index (χ3n) is 6.36. The van der Waals surface area contributed by atoms with E-state index < -0.39 is 11.6 Å². The van der Waals surface area contributed by atoms with Crippen LogP contribution in [0.5, 0.6) is 11.8 Å². The molecule has 8 heteroatoms. The maximum Gasteiger partial charge on any atom is 0.312 e. The van der Waals surface area contributed by atoms with Gasteiger partial charge in [-0.15, -0.1) is 0 Å². The molecule has 0 amide bonds. The number of methoxy groups -OCH3 is 1. The standard InChI is InChI=1S/C30H26F2N2O4/c1-36-30(35)22-16-34(17-22)23-14-25(31)28(26(32)15-23)24-12-13-27(37-18-20-8-4-2-5-9-20)33-29(24)38-19-21-10-6-3-7-11-21/h2-15,22H,16-19H2,1H3. The molecule has 38 heavy (non-hydrogen) atoms. The highest BCUT2D eigenvalue weighted by Gasteiger charge is 2.34. The smallest absolute Gasteiger partial charge is 0.312 e. The molecule has 1 aliphatic rings. The highest BCUT2D eigenvalue weighted by atomic mass is 19.1. The summed E-state index contributed by atoms with van der Waals surface area (Å²) in [6.45, 7) is 1.12. The van der Waals surface area contributed by atoms with Gasteiger partial charge in [0.1, 0.15) is 24.8 Å². The van der Waals surface area contributed by atoms with Crippen molar-refractivity contribution in [3.8, 4) is 22.9 Å². The first-order chi connectivity index (χ1) is 18.5. The average Bonchev–Trinajstić information content (AvgIpc) is 2.91. The number of aromatic nitrogens is 1. The Labute approximate surface area is 219 Å². The number of anilines is 1. The van der Waals surface area contributed by atoms with Crippen LogP contribution in [-0.4, -0.2) is 31.2 Å². The number of rotatable bonds is 9. The van der Waals surface area contributed by atoms with Crippen LogP contribution in [0.3, 0.4) is 0 Å². The minimum absolute atomic E-state index is 0.0553. The van der Waals surface area contributed by atoms with Gasteiger partial charge in [-0.2, -0.15) is 4.98 Å². The van der Waals surface area contributed by atoms with Crippen LogP contribution in [0.2, 0.25) is 0 Å². The Morgan fingerprint density at radius 3 is 2.03 bits per heavy atom. The topological polar surface area (TPSA) is 60.9 Å². The molecule has 5 rings (SSSR count). The number of carbonyl (C=O) groups excluding carboxylic acids is 1. The number of ether oxygens (including phenoxy) is 3. The molecule has 0 saturated carbocycles. The summed E-state index contributed by atoms with van der Waals surface area (Å²) in [5, 5.41) is 0. The lowest BCUT2D eigenvalue weighted by atomic mass is 9.98. The molecule has 6 nitrogen and oxygen atoms in total. The van der Waals surface area contributed by atoms with Gasteiger partial charge in [0.2, 0.25) is 11.8 Å². The van der Waals surface area contributed by atoms with Crippen molar-refractivity contribution in [2.75, 3.05) is 25.1 Å². The van der Waals surface area contributed by atoms with E-state index >= 15 is 8.78 Å². The first-order valence-electron chi connectivity index (χ1n) is 12.2.